The van der Waals surface area contributed by atoms with E-state index in [-0.39, 0.29) is 0 Å². The van der Waals surface area contributed by atoms with Gasteiger partial charge < -0.3 is 9.80 Å². The lowest BCUT2D eigenvalue weighted by Gasteiger charge is -2.37. The molecule has 0 aliphatic heterocycles. The van der Waals surface area contributed by atoms with Crippen LogP contribution in [0.5, 0.6) is 0 Å². The van der Waals surface area contributed by atoms with Gasteiger partial charge in [-0.2, -0.15) is 0 Å². The predicted octanol–water partition coefficient (Wildman–Crippen LogP) is 18.5. The maximum absolute atomic E-state index is 2.59. The smallest absolute Gasteiger partial charge is 0.0747 e. The second-order valence-electron chi connectivity index (χ2n) is 20.2. The fourth-order valence-corrected chi connectivity index (χ4v) is 14.1. The molecule has 12 aromatic carbocycles. The van der Waals surface area contributed by atoms with Gasteiger partial charge in [0.1, 0.15) is 0 Å². The van der Waals surface area contributed by atoms with E-state index in [9.17, 15) is 0 Å². The number of nitrogens with zero attached hydrogens (tertiary/aromatic N) is 2. The van der Waals surface area contributed by atoms with Crippen LogP contribution in [-0.4, -0.2) is 0 Å². The topological polar surface area (TPSA) is 6.48 Å². The zero-order valence-electron chi connectivity index (χ0n) is 40.5. The van der Waals surface area contributed by atoms with Crippen molar-refractivity contribution in [1.29, 1.82) is 0 Å². The van der Waals surface area contributed by atoms with Gasteiger partial charge in [0.2, 0.25) is 0 Å². The number of hydrogen-bond donors (Lipinski definition) is 0. The van der Waals surface area contributed by atoms with Gasteiger partial charge in [0, 0.05) is 34.0 Å². The third kappa shape index (κ3) is 5.33. The van der Waals surface area contributed by atoms with Gasteiger partial charge in [0.15, 0.2) is 0 Å². The first-order valence-corrected chi connectivity index (χ1v) is 25.8. The molecule has 1 atom stereocenters. The Balaban J connectivity index is 1.02. The van der Waals surface area contributed by atoms with Gasteiger partial charge in [-0.25, -0.2) is 0 Å². The van der Waals surface area contributed by atoms with Crippen LogP contribution in [0.3, 0.4) is 0 Å². The van der Waals surface area contributed by atoms with Gasteiger partial charge in [-0.3, -0.25) is 0 Å². The Kier molecular flexibility index (Phi) is 8.62. The van der Waals surface area contributed by atoms with Crippen molar-refractivity contribution in [2.24, 2.45) is 0 Å². The molecule has 1 unspecified atom stereocenters. The van der Waals surface area contributed by atoms with Crippen molar-refractivity contribution in [1.82, 2.24) is 0 Å². The van der Waals surface area contributed by atoms with Crippen LogP contribution >= 0.6 is 0 Å². The van der Waals surface area contributed by atoms with Gasteiger partial charge in [-0.05, 0) is 161 Å². The minimum absolute atomic E-state index is 0.497. The van der Waals surface area contributed by atoms with Crippen LogP contribution < -0.4 is 9.80 Å². The molecule has 4 aliphatic carbocycles. The van der Waals surface area contributed by atoms with E-state index in [4.69, 9.17) is 0 Å². The highest BCUT2D eigenvalue weighted by Gasteiger charge is 2.55. The Morgan fingerprint density at radius 3 is 1.08 bits per heavy atom. The molecule has 2 heteroatoms. The van der Waals surface area contributed by atoms with E-state index in [2.05, 4.69) is 289 Å². The second-order valence-corrected chi connectivity index (χ2v) is 20.2. The molecule has 16 rings (SSSR count). The predicted molar refractivity (Wildman–Crippen MR) is 306 cm³/mol. The molecular weight excluding hydrogens is 893 g/mol. The average Bonchev–Trinajstić information content (AvgIpc) is 4.34. The summed E-state index contributed by atoms with van der Waals surface area (Å²) in [4.78, 5) is 5.00. The molecule has 0 aromatic heterocycles. The largest absolute Gasteiger partial charge is 0.310 e. The summed E-state index contributed by atoms with van der Waals surface area (Å²) in [5, 5.41) is 2.46. The Morgan fingerprint density at radius 2 is 0.581 bits per heavy atom. The zero-order valence-corrected chi connectivity index (χ0v) is 40.5. The van der Waals surface area contributed by atoms with Gasteiger partial charge in [0.05, 0.1) is 16.5 Å². The highest BCUT2D eigenvalue weighted by molar-refractivity contribution is 6.11. The van der Waals surface area contributed by atoms with Gasteiger partial charge in [-0.1, -0.05) is 212 Å². The van der Waals surface area contributed by atoms with Crippen LogP contribution in [-0.2, 0) is 10.8 Å². The van der Waals surface area contributed by atoms with E-state index in [0.29, 0.717) is 0 Å². The van der Waals surface area contributed by atoms with E-state index < -0.39 is 10.8 Å². The fourth-order valence-electron chi connectivity index (χ4n) is 14.1. The summed E-state index contributed by atoms with van der Waals surface area (Å²) in [5.74, 6) is 0. The summed E-state index contributed by atoms with van der Waals surface area (Å²) in [5.41, 5.74) is 26.3. The molecule has 12 aromatic rings. The van der Waals surface area contributed by atoms with Crippen molar-refractivity contribution in [2.75, 3.05) is 9.80 Å². The summed E-state index contributed by atoms with van der Waals surface area (Å²) < 4.78 is 0. The lowest BCUT2D eigenvalue weighted by Crippen LogP contribution is -2.29. The first-order chi connectivity index (χ1) is 36.7. The van der Waals surface area contributed by atoms with Crippen molar-refractivity contribution in [3.8, 4) is 44.5 Å². The maximum atomic E-state index is 2.59. The number of benzene rings is 12. The molecule has 344 valence electrons. The van der Waals surface area contributed by atoms with Crippen LogP contribution in [0.15, 0.2) is 279 Å². The number of rotatable bonds is 6. The number of anilines is 6. The van der Waals surface area contributed by atoms with E-state index in [1.165, 1.54) is 99.8 Å². The van der Waals surface area contributed by atoms with Crippen molar-refractivity contribution in [3.63, 3.8) is 0 Å². The standard InChI is InChI=1S/C72H46N2/c1-4-23-48(24-5-1)73(49-25-6-2-7-26-49)51-40-42-59-57-33-15-20-38-64(57)72(67(59)45-51)65-39-21-16-34-60(65)69-53-29-11-10-22-47(53)44-68(70(69)72)74(50-27-8-3-9-28-50)52-41-43-58-56-32-14-19-37-63(56)71(66(58)46-52)61-35-17-12-30-54(61)55-31-13-18-36-62(55)71/h1-46H. The SMILES string of the molecule is c1ccc(N(c2ccccc2)c2ccc3c(c2)C2(c4ccccc4-3)c3ccccc3-c3c2c(N(c2ccccc2)c2ccc4c(c2)C2(c5ccccc5-c5ccccc52)c2ccccc2-4)cc2ccccc32)cc1. The number of para-hydroxylation sites is 3. The number of hydrogen-bond acceptors (Lipinski definition) is 2. The number of fused-ring (bicyclic) bond motifs is 22. The molecular formula is C72H46N2. The molecule has 0 bridgehead atoms. The van der Waals surface area contributed by atoms with Gasteiger partial charge in [-0.15, -0.1) is 0 Å². The first-order valence-electron chi connectivity index (χ1n) is 25.8. The van der Waals surface area contributed by atoms with E-state index in [1.54, 1.807) is 0 Å². The lowest BCUT2D eigenvalue weighted by atomic mass is 9.69. The van der Waals surface area contributed by atoms with Gasteiger partial charge in [0.25, 0.3) is 0 Å². The molecule has 0 fully saturated rings. The van der Waals surface area contributed by atoms with Crippen LogP contribution in [0.25, 0.3) is 55.3 Å². The highest BCUT2D eigenvalue weighted by atomic mass is 15.2. The van der Waals surface area contributed by atoms with E-state index in [1.807, 2.05) is 0 Å². The van der Waals surface area contributed by atoms with Crippen LogP contribution in [0, 0.1) is 0 Å². The van der Waals surface area contributed by atoms with Gasteiger partial charge >= 0.3 is 0 Å². The monoisotopic (exact) mass is 938 g/mol. The third-order valence-electron chi connectivity index (χ3n) is 16.8. The summed E-state index contributed by atoms with van der Waals surface area (Å²) in [7, 11) is 0. The summed E-state index contributed by atoms with van der Waals surface area (Å²) >= 11 is 0. The maximum Gasteiger partial charge on any atom is 0.0747 e. The zero-order chi connectivity index (χ0) is 48.5. The molecule has 2 spiro atoms. The van der Waals surface area contributed by atoms with Crippen LogP contribution in [0.2, 0.25) is 0 Å². The second kappa shape index (κ2) is 15.5. The van der Waals surface area contributed by atoms with Crippen molar-refractivity contribution in [2.45, 2.75) is 10.8 Å². The molecule has 2 nitrogen and oxygen atoms in total. The minimum atomic E-state index is -0.698. The normalized spacial score (nSPS) is 15.2. The van der Waals surface area contributed by atoms with Crippen molar-refractivity contribution in [3.05, 3.63) is 324 Å². The van der Waals surface area contributed by atoms with Crippen molar-refractivity contribution >= 4 is 44.9 Å². The Bertz CT molecular complexity index is 4170. The highest BCUT2D eigenvalue weighted by Crippen LogP contribution is 2.68. The summed E-state index contributed by atoms with van der Waals surface area (Å²) in [6.45, 7) is 0. The molecule has 0 saturated heterocycles. The average molecular weight is 939 g/mol. The Hall–Kier alpha value is -9.50. The summed E-state index contributed by atoms with van der Waals surface area (Å²) in [6, 6.07) is 105. The first kappa shape index (κ1) is 41.2. The molecule has 0 radical (unpaired) electrons. The Labute approximate surface area is 431 Å². The quantitative estimate of drug-likeness (QED) is 0.164. The molecule has 0 heterocycles. The minimum Gasteiger partial charge on any atom is -0.310 e. The molecule has 4 aliphatic rings. The van der Waals surface area contributed by atoms with Crippen LogP contribution in [0.1, 0.15) is 44.5 Å². The molecule has 0 N–H and O–H groups in total. The van der Waals surface area contributed by atoms with Crippen LogP contribution in [0.4, 0.5) is 34.1 Å². The summed E-state index contributed by atoms with van der Waals surface area (Å²) in [6.07, 6.45) is 0. The Morgan fingerprint density at radius 1 is 0.230 bits per heavy atom. The molecule has 0 saturated carbocycles. The van der Waals surface area contributed by atoms with E-state index in [0.717, 1.165) is 34.1 Å². The molecule has 74 heavy (non-hydrogen) atoms. The van der Waals surface area contributed by atoms with Crippen molar-refractivity contribution < 1.29 is 0 Å². The fraction of sp³-hybridized carbons (Fsp3) is 0.0278. The lowest BCUT2D eigenvalue weighted by molar-refractivity contribution is 0.790. The third-order valence-corrected chi connectivity index (χ3v) is 16.8. The van der Waals surface area contributed by atoms with E-state index >= 15 is 0 Å². The molecule has 0 amide bonds.